The van der Waals surface area contributed by atoms with Gasteiger partial charge in [-0.1, -0.05) is 27.5 Å². The minimum atomic E-state index is -4.70. The van der Waals surface area contributed by atoms with Crippen molar-refractivity contribution < 1.29 is 26.3 Å². The largest absolute Gasteiger partial charge is 0.495 e. The van der Waals surface area contributed by atoms with Gasteiger partial charge in [-0.3, -0.25) is 4.72 Å². The number of ether oxygens (including phenoxy) is 1. The summed E-state index contributed by atoms with van der Waals surface area (Å²) in [5.74, 6) is 0.177. The second-order valence-electron chi connectivity index (χ2n) is 4.59. The molecule has 24 heavy (non-hydrogen) atoms. The van der Waals surface area contributed by atoms with Gasteiger partial charge >= 0.3 is 6.18 Å². The molecule has 0 saturated carbocycles. The van der Waals surface area contributed by atoms with Gasteiger partial charge in [0.05, 0.1) is 23.3 Å². The van der Waals surface area contributed by atoms with Crippen LogP contribution in [0.15, 0.2) is 45.8 Å². The summed E-state index contributed by atoms with van der Waals surface area (Å²) in [6.07, 6.45) is -4.70. The average Bonchev–Trinajstić information content (AvgIpc) is 2.46. The Labute approximate surface area is 149 Å². The zero-order chi connectivity index (χ0) is 18.1. The number of hydrogen-bond acceptors (Lipinski definition) is 3. The van der Waals surface area contributed by atoms with E-state index in [4.69, 9.17) is 16.3 Å². The Kier molecular flexibility index (Phi) is 5.36. The second kappa shape index (κ2) is 6.81. The lowest BCUT2D eigenvalue weighted by atomic mass is 10.2. The van der Waals surface area contributed by atoms with E-state index in [0.29, 0.717) is 6.07 Å². The first kappa shape index (κ1) is 18.9. The summed E-state index contributed by atoms with van der Waals surface area (Å²) in [6, 6.07) is 6.83. The summed E-state index contributed by atoms with van der Waals surface area (Å²) >= 11 is 8.57. The SMILES string of the molecule is COc1ccc(Cl)cc1NS(=O)(=O)c1ccc(Br)c(C(F)(F)F)c1. The Morgan fingerprint density at radius 1 is 1.17 bits per heavy atom. The molecule has 0 bridgehead atoms. The lowest BCUT2D eigenvalue weighted by Crippen LogP contribution is -2.15. The second-order valence-corrected chi connectivity index (χ2v) is 7.56. The van der Waals surface area contributed by atoms with Crippen LogP contribution in [0.2, 0.25) is 5.02 Å². The van der Waals surface area contributed by atoms with Gasteiger partial charge in [-0.2, -0.15) is 13.2 Å². The van der Waals surface area contributed by atoms with Gasteiger partial charge in [0.25, 0.3) is 10.0 Å². The van der Waals surface area contributed by atoms with Crippen LogP contribution in [0.4, 0.5) is 18.9 Å². The molecule has 0 atom stereocenters. The molecule has 0 fully saturated rings. The van der Waals surface area contributed by atoms with Crippen molar-refractivity contribution in [1.82, 2.24) is 0 Å². The van der Waals surface area contributed by atoms with Crippen LogP contribution in [0.25, 0.3) is 0 Å². The fourth-order valence-electron chi connectivity index (χ4n) is 1.85. The van der Waals surface area contributed by atoms with Crippen LogP contribution < -0.4 is 9.46 Å². The van der Waals surface area contributed by atoms with Crippen molar-refractivity contribution in [2.24, 2.45) is 0 Å². The van der Waals surface area contributed by atoms with E-state index < -0.39 is 26.7 Å². The van der Waals surface area contributed by atoms with Gasteiger partial charge in [-0.05, 0) is 36.4 Å². The van der Waals surface area contributed by atoms with Crippen LogP contribution >= 0.6 is 27.5 Å². The highest BCUT2D eigenvalue weighted by atomic mass is 79.9. The summed E-state index contributed by atoms with van der Waals surface area (Å²) in [5, 5.41) is 0.236. The van der Waals surface area contributed by atoms with E-state index in [0.717, 1.165) is 12.1 Å². The highest BCUT2D eigenvalue weighted by molar-refractivity contribution is 9.10. The number of rotatable bonds is 4. The molecule has 0 unspecified atom stereocenters. The summed E-state index contributed by atoms with van der Waals surface area (Å²) in [7, 11) is -2.95. The standard InChI is InChI=1S/C14H10BrClF3NO3S/c1-23-13-5-2-8(16)6-12(13)20-24(21,22)9-3-4-11(15)10(7-9)14(17,18)19/h2-7,20H,1H3. The fraction of sp³-hybridized carbons (Fsp3) is 0.143. The maximum absolute atomic E-state index is 12.9. The van der Waals surface area contributed by atoms with Gasteiger partial charge in [0.1, 0.15) is 5.75 Å². The first-order valence-corrected chi connectivity index (χ1v) is 8.93. The summed E-state index contributed by atoms with van der Waals surface area (Å²) in [4.78, 5) is -0.542. The molecule has 0 saturated heterocycles. The third-order valence-corrected chi connectivity index (χ3v) is 5.25. The van der Waals surface area contributed by atoms with Crippen molar-refractivity contribution in [3.8, 4) is 5.75 Å². The quantitative estimate of drug-likeness (QED) is 0.727. The monoisotopic (exact) mass is 443 g/mol. The number of sulfonamides is 1. The minimum Gasteiger partial charge on any atom is -0.495 e. The van der Waals surface area contributed by atoms with Crippen molar-refractivity contribution in [1.29, 1.82) is 0 Å². The summed E-state index contributed by atoms with van der Waals surface area (Å²) in [6.45, 7) is 0. The third kappa shape index (κ3) is 4.14. The average molecular weight is 445 g/mol. The molecule has 0 aliphatic rings. The molecule has 0 aliphatic carbocycles. The predicted octanol–water partition coefficient (Wildman–Crippen LogP) is 4.93. The summed E-state index contributed by atoms with van der Waals surface area (Å²) < 4.78 is 70.5. The number of halogens is 5. The molecular formula is C14H10BrClF3NO3S. The first-order chi connectivity index (χ1) is 11.0. The Morgan fingerprint density at radius 2 is 1.83 bits per heavy atom. The van der Waals surface area contributed by atoms with Gasteiger partial charge in [-0.15, -0.1) is 0 Å². The highest BCUT2D eigenvalue weighted by Gasteiger charge is 2.34. The number of alkyl halides is 3. The molecule has 0 spiro atoms. The normalized spacial score (nSPS) is 12.1. The molecule has 2 rings (SSSR count). The van der Waals surface area contributed by atoms with Gasteiger partial charge in [0.2, 0.25) is 0 Å². The number of hydrogen-bond donors (Lipinski definition) is 1. The molecule has 0 aromatic heterocycles. The Hall–Kier alpha value is -1.45. The topological polar surface area (TPSA) is 55.4 Å². The van der Waals surface area contributed by atoms with Crippen LogP contribution in [-0.2, 0) is 16.2 Å². The van der Waals surface area contributed by atoms with Gasteiger partial charge in [0.15, 0.2) is 0 Å². The number of benzene rings is 2. The fourth-order valence-corrected chi connectivity index (χ4v) is 3.58. The number of methoxy groups -OCH3 is 1. The van der Waals surface area contributed by atoms with Crippen LogP contribution in [0.3, 0.4) is 0 Å². The van der Waals surface area contributed by atoms with Crippen molar-refractivity contribution in [2.45, 2.75) is 11.1 Å². The van der Waals surface area contributed by atoms with E-state index in [-0.39, 0.29) is 20.9 Å². The van der Waals surface area contributed by atoms with E-state index in [9.17, 15) is 21.6 Å². The molecule has 2 aromatic rings. The van der Waals surface area contributed by atoms with Crippen LogP contribution in [0.1, 0.15) is 5.56 Å². The van der Waals surface area contributed by atoms with E-state index >= 15 is 0 Å². The number of nitrogens with one attached hydrogen (secondary N) is 1. The lowest BCUT2D eigenvalue weighted by molar-refractivity contribution is -0.138. The maximum Gasteiger partial charge on any atom is 0.417 e. The van der Waals surface area contributed by atoms with Gasteiger partial charge in [0, 0.05) is 9.50 Å². The van der Waals surface area contributed by atoms with E-state index in [1.165, 1.54) is 25.3 Å². The zero-order valence-corrected chi connectivity index (χ0v) is 15.1. The van der Waals surface area contributed by atoms with Crippen LogP contribution in [-0.4, -0.2) is 15.5 Å². The molecule has 0 heterocycles. The van der Waals surface area contributed by atoms with Crippen molar-refractivity contribution in [2.75, 3.05) is 11.8 Å². The smallest absolute Gasteiger partial charge is 0.417 e. The molecule has 0 amide bonds. The number of anilines is 1. The molecule has 1 N–H and O–H groups in total. The maximum atomic E-state index is 12.9. The van der Waals surface area contributed by atoms with Crippen molar-refractivity contribution >= 4 is 43.2 Å². The van der Waals surface area contributed by atoms with Crippen LogP contribution in [0, 0.1) is 0 Å². The zero-order valence-electron chi connectivity index (χ0n) is 12.0. The predicted molar refractivity (Wildman–Crippen MR) is 88.0 cm³/mol. The van der Waals surface area contributed by atoms with Crippen molar-refractivity contribution in [3.05, 3.63) is 51.5 Å². The third-order valence-electron chi connectivity index (χ3n) is 2.96. The minimum absolute atomic E-state index is 0.0153. The van der Waals surface area contributed by atoms with Crippen LogP contribution in [0.5, 0.6) is 5.75 Å². The van der Waals surface area contributed by atoms with Gasteiger partial charge in [-0.25, -0.2) is 8.42 Å². The van der Waals surface area contributed by atoms with Gasteiger partial charge < -0.3 is 4.74 Å². The van der Waals surface area contributed by atoms with E-state index in [1.54, 1.807) is 0 Å². The Morgan fingerprint density at radius 3 is 2.42 bits per heavy atom. The van der Waals surface area contributed by atoms with Crippen molar-refractivity contribution in [3.63, 3.8) is 0 Å². The Bertz CT molecular complexity index is 872. The highest BCUT2D eigenvalue weighted by Crippen LogP contribution is 2.37. The molecule has 130 valence electrons. The van der Waals surface area contributed by atoms with E-state index in [1.807, 2.05) is 0 Å². The first-order valence-electron chi connectivity index (χ1n) is 6.27. The van der Waals surface area contributed by atoms with E-state index in [2.05, 4.69) is 20.7 Å². The Balaban J connectivity index is 2.47. The summed E-state index contributed by atoms with van der Waals surface area (Å²) in [5.41, 5.74) is -1.08. The molecule has 10 heteroatoms. The molecule has 0 radical (unpaired) electrons. The molecule has 0 aliphatic heterocycles. The molecule has 4 nitrogen and oxygen atoms in total. The lowest BCUT2D eigenvalue weighted by Gasteiger charge is -2.14. The molecule has 2 aromatic carbocycles. The molecular weight excluding hydrogens is 435 g/mol.